The summed E-state index contributed by atoms with van der Waals surface area (Å²) in [6.07, 6.45) is 2.98. The number of hydrogen-bond donors (Lipinski definition) is 1. The zero-order valence-electron chi connectivity index (χ0n) is 23.2. The van der Waals surface area contributed by atoms with Gasteiger partial charge in [-0.2, -0.15) is 0 Å². The quantitative estimate of drug-likeness (QED) is 0.321. The number of carbonyl (C=O) groups excluding carboxylic acids is 2. The highest BCUT2D eigenvalue weighted by atomic mass is 32.2. The average Bonchev–Trinajstić information content (AvgIpc) is 3.03. The van der Waals surface area contributed by atoms with E-state index < -0.39 is 17.2 Å². The second-order valence-electron chi connectivity index (χ2n) is 10.6. The van der Waals surface area contributed by atoms with E-state index in [1.807, 2.05) is 100 Å². The zero-order chi connectivity index (χ0) is 28.2. The van der Waals surface area contributed by atoms with Crippen LogP contribution in [-0.4, -0.2) is 60.5 Å². The summed E-state index contributed by atoms with van der Waals surface area (Å²) in [7, 11) is 1.92. The van der Waals surface area contributed by atoms with Crippen molar-refractivity contribution in [1.29, 1.82) is 0 Å². The second kappa shape index (κ2) is 11.5. The number of amides is 2. The minimum atomic E-state index is -0.979. The molecule has 9 nitrogen and oxygen atoms in total. The number of benzene rings is 2. The average molecular weight is 550 g/mol. The van der Waals surface area contributed by atoms with Crippen molar-refractivity contribution in [3.63, 3.8) is 0 Å². The molecule has 0 spiro atoms. The van der Waals surface area contributed by atoms with Crippen molar-refractivity contribution in [2.45, 2.75) is 44.0 Å². The monoisotopic (exact) mass is 549 g/mol. The van der Waals surface area contributed by atoms with Crippen molar-refractivity contribution in [3.8, 4) is 5.75 Å². The van der Waals surface area contributed by atoms with Gasteiger partial charge in [-0.25, -0.2) is 14.8 Å². The Morgan fingerprint density at radius 3 is 2.51 bits per heavy atom. The number of ether oxygens (including phenoxy) is 2. The topological polar surface area (TPSA) is 96.9 Å². The molecule has 1 aliphatic heterocycles. The molecule has 0 radical (unpaired) electrons. The van der Waals surface area contributed by atoms with Crippen LogP contribution < -0.4 is 19.9 Å². The minimum Gasteiger partial charge on any atom is -0.479 e. The summed E-state index contributed by atoms with van der Waals surface area (Å²) in [5.74, 6) is 0.988. The third kappa shape index (κ3) is 6.81. The predicted octanol–water partition coefficient (Wildman–Crippen LogP) is 5.11. The molecule has 39 heavy (non-hydrogen) atoms. The molecule has 1 unspecified atom stereocenters. The number of aromatic nitrogens is 2. The highest BCUT2D eigenvalue weighted by Crippen LogP contribution is 2.33. The number of nitrogens with one attached hydrogen (secondary N) is 1. The first-order valence-corrected chi connectivity index (χ1v) is 14.0. The summed E-state index contributed by atoms with van der Waals surface area (Å²) < 4.78 is 12.1. The number of hydrogen-bond acceptors (Lipinski definition) is 8. The van der Waals surface area contributed by atoms with Gasteiger partial charge in [0.25, 0.3) is 5.91 Å². The van der Waals surface area contributed by atoms with Crippen LogP contribution in [-0.2, 0) is 10.3 Å². The lowest BCUT2D eigenvalue weighted by Crippen LogP contribution is -2.44. The van der Waals surface area contributed by atoms with Crippen LogP contribution in [0.1, 0.15) is 43.6 Å². The highest BCUT2D eigenvalue weighted by molar-refractivity contribution is 7.98. The third-order valence-corrected chi connectivity index (χ3v) is 6.80. The van der Waals surface area contributed by atoms with Gasteiger partial charge < -0.3 is 24.6 Å². The minimum absolute atomic E-state index is 0.0148. The highest BCUT2D eigenvalue weighted by Gasteiger charge is 2.33. The Morgan fingerprint density at radius 1 is 1.08 bits per heavy atom. The number of carbonyl (C=O) groups is 2. The molecule has 1 N–H and O–H groups in total. The standard InChI is InChI=1S/C29H35N5O4S/c1-28(2,3)32-27(36)37-19-29(4,20-11-8-7-9-12-20)38-22-14-10-13-21(17-22)34-16-15-33(5)24-23(25(34)35)18-30-26(31-24)39-6/h7-14,17-18H,15-16,19H2,1-6H3,(H,32,36). The van der Waals surface area contributed by atoms with Gasteiger partial charge in [-0.15, -0.1) is 0 Å². The molecule has 10 heteroatoms. The molecule has 4 rings (SSSR count). The van der Waals surface area contributed by atoms with E-state index in [9.17, 15) is 9.59 Å². The van der Waals surface area contributed by atoms with E-state index in [1.54, 1.807) is 11.1 Å². The molecule has 0 fully saturated rings. The summed E-state index contributed by atoms with van der Waals surface area (Å²) in [6, 6.07) is 17.0. The van der Waals surface area contributed by atoms with Gasteiger partial charge in [0.15, 0.2) is 10.8 Å². The Morgan fingerprint density at radius 2 is 1.82 bits per heavy atom. The van der Waals surface area contributed by atoms with Crippen LogP contribution in [0, 0.1) is 0 Å². The number of likely N-dealkylation sites (N-methyl/N-ethyl adjacent to an activating group) is 1. The maximum absolute atomic E-state index is 13.6. The normalized spacial score (nSPS) is 15.2. The van der Waals surface area contributed by atoms with E-state index in [1.165, 1.54) is 11.8 Å². The van der Waals surface area contributed by atoms with E-state index in [-0.39, 0.29) is 12.5 Å². The number of fused-ring (bicyclic) bond motifs is 1. The summed E-state index contributed by atoms with van der Waals surface area (Å²) in [5.41, 5.74) is 0.583. The van der Waals surface area contributed by atoms with E-state index in [2.05, 4.69) is 15.3 Å². The molecule has 2 aromatic carbocycles. The van der Waals surface area contributed by atoms with Crippen molar-refractivity contribution in [3.05, 3.63) is 71.9 Å². The lowest BCUT2D eigenvalue weighted by atomic mass is 9.96. The van der Waals surface area contributed by atoms with Gasteiger partial charge in [-0.05, 0) is 51.6 Å². The Hall–Kier alpha value is -3.79. The predicted molar refractivity (Wildman–Crippen MR) is 154 cm³/mol. The first-order chi connectivity index (χ1) is 18.5. The molecule has 206 valence electrons. The fraction of sp³-hybridized carbons (Fsp3) is 0.379. The van der Waals surface area contributed by atoms with Gasteiger partial charge in [-0.1, -0.05) is 48.2 Å². The number of alkyl carbamates (subject to hydrolysis) is 1. The van der Waals surface area contributed by atoms with Crippen LogP contribution in [0.5, 0.6) is 5.75 Å². The zero-order valence-corrected chi connectivity index (χ0v) is 24.0. The molecule has 1 aromatic heterocycles. The van der Waals surface area contributed by atoms with E-state index in [0.717, 1.165) is 5.56 Å². The molecular weight excluding hydrogens is 514 g/mol. The van der Waals surface area contributed by atoms with Gasteiger partial charge in [-0.3, -0.25) is 4.79 Å². The van der Waals surface area contributed by atoms with Crippen molar-refractivity contribution in [2.24, 2.45) is 0 Å². The van der Waals surface area contributed by atoms with Crippen LogP contribution in [0.25, 0.3) is 0 Å². The fourth-order valence-corrected chi connectivity index (χ4v) is 4.57. The summed E-state index contributed by atoms with van der Waals surface area (Å²) in [5, 5.41) is 3.43. The van der Waals surface area contributed by atoms with Crippen LogP contribution in [0.15, 0.2) is 66.0 Å². The molecule has 2 amide bonds. The molecule has 3 aromatic rings. The number of rotatable bonds is 7. The second-order valence-corrected chi connectivity index (χ2v) is 11.4. The molecule has 2 heterocycles. The summed E-state index contributed by atoms with van der Waals surface area (Å²) in [4.78, 5) is 38.6. The number of thioether (sulfide) groups is 1. The lowest BCUT2D eigenvalue weighted by Gasteiger charge is -2.32. The molecule has 1 atom stereocenters. The Bertz CT molecular complexity index is 1330. The van der Waals surface area contributed by atoms with Crippen LogP contribution in [0.3, 0.4) is 0 Å². The summed E-state index contributed by atoms with van der Waals surface area (Å²) >= 11 is 1.44. The van der Waals surface area contributed by atoms with Gasteiger partial charge >= 0.3 is 6.09 Å². The van der Waals surface area contributed by atoms with Crippen molar-refractivity contribution in [1.82, 2.24) is 15.3 Å². The largest absolute Gasteiger partial charge is 0.479 e. The van der Waals surface area contributed by atoms with Crippen LogP contribution >= 0.6 is 11.8 Å². The first-order valence-electron chi connectivity index (χ1n) is 12.7. The Kier molecular flexibility index (Phi) is 8.34. The van der Waals surface area contributed by atoms with Gasteiger partial charge in [0.05, 0.1) is 0 Å². The smallest absolute Gasteiger partial charge is 0.407 e. The number of anilines is 2. The third-order valence-electron chi connectivity index (χ3n) is 6.24. The molecule has 1 aliphatic rings. The van der Waals surface area contributed by atoms with Crippen molar-refractivity contribution in [2.75, 3.05) is 42.8 Å². The maximum Gasteiger partial charge on any atom is 0.407 e. The van der Waals surface area contributed by atoms with Crippen LogP contribution in [0.2, 0.25) is 0 Å². The molecule has 0 saturated heterocycles. The van der Waals surface area contributed by atoms with Crippen molar-refractivity contribution >= 4 is 35.3 Å². The SMILES string of the molecule is CSc1ncc2c(n1)N(C)CCN(c1cccc(OC(C)(COC(=O)NC(C)(C)C)c3ccccc3)c1)C2=O. The van der Waals surface area contributed by atoms with Gasteiger partial charge in [0.2, 0.25) is 0 Å². The number of nitrogens with zero attached hydrogens (tertiary/aromatic N) is 4. The summed E-state index contributed by atoms with van der Waals surface area (Å²) in [6.45, 7) is 8.60. The molecular formula is C29H35N5O4S. The van der Waals surface area contributed by atoms with Gasteiger partial charge in [0.1, 0.15) is 23.7 Å². The Balaban J connectivity index is 1.61. The molecule has 0 saturated carbocycles. The molecule has 0 bridgehead atoms. The van der Waals surface area contributed by atoms with Crippen LogP contribution in [0.4, 0.5) is 16.3 Å². The van der Waals surface area contributed by atoms with E-state index in [4.69, 9.17) is 9.47 Å². The lowest BCUT2D eigenvalue weighted by molar-refractivity contribution is 0.00791. The molecule has 0 aliphatic carbocycles. The maximum atomic E-state index is 13.6. The van der Waals surface area contributed by atoms with E-state index in [0.29, 0.717) is 41.1 Å². The Labute approximate surface area is 233 Å². The first kappa shape index (κ1) is 28.2. The fourth-order valence-electron chi connectivity index (χ4n) is 4.23. The van der Waals surface area contributed by atoms with Crippen molar-refractivity contribution < 1.29 is 19.1 Å². The van der Waals surface area contributed by atoms with Gasteiger partial charge in [0, 0.05) is 43.6 Å². The van der Waals surface area contributed by atoms with E-state index >= 15 is 0 Å².